The topological polar surface area (TPSA) is 63.1 Å². The van der Waals surface area contributed by atoms with Gasteiger partial charge in [0.15, 0.2) is 0 Å². The van der Waals surface area contributed by atoms with E-state index in [9.17, 15) is 9.59 Å². The number of anilines is 2. The van der Waals surface area contributed by atoms with Crippen LogP contribution in [0.2, 0.25) is 15.1 Å². The molecule has 138 valence electrons. The molecule has 1 heterocycles. The van der Waals surface area contributed by atoms with E-state index in [1.807, 2.05) is 12.1 Å². The van der Waals surface area contributed by atoms with Crippen molar-refractivity contribution >= 4 is 52.2 Å². The third-order valence-corrected chi connectivity index (χ3v) is 4.34. The lowest BCUT2D eigenvalue weighted by atomic mass is 10.2. The molecule has 0 saturated carbocycles. The number of hydrogen-bond acceptors (Lipinski definition) is 2. The van der Waals surface area contributed by atoms with Crippen molar-refractivity contribution in [1.82, 2.24) is 4.57 Å². The van der Waals surface area contributed by atoms with Gasteiger partial charge in [0.2, 0.25) is 0 Å². The van der Waals surface area contributed by atoms with Crippen molar-refractivity contribution in [2.24, 2.45) is 0 Å². The molecule has 0 aliphatic carbocycles. The summed E-state index contributed by atoms with van der Waals surface area (Å²) in [4.78, 5) is 24.8. The van der Waals surface area contributed by atoms with Gasteiger partial charge in [-0.05, 0) is 48.0 Å². The number of hydrogen-bond donors (Lipinski definition) is 2. The van der Waals surface area contributed by atoms with Crippen LogP contribution in [-0.4, -0.2) is 10.6 Å². The van der Waals surface area contributed by atoms with E-state index < -0.39 is 6.03 Å². The SMILES string of the molecule is O=C(Nc1cc(Cl)cc(Cl)c1)Nc1cccn(Cc2ccc(Cl)cc2)c1=O. The van der Waals surface area contributed by atoms with Gasteiger partial charge >= 0.3 is 6.03 Å². The standard InChI is InChI=1S/C19H14Cl3N3O2/c20-13-5-3-12(4-6-13)11-25-7-1-2-17(18(25)26)24-19(27)23-16-9-14(21)8-15(22)10-16/h1-10H,11H2,(H2,23,24,27). The number of urea groups is 1. The maximum atomic E-state index is 12.6. The molecule has 3 rings (SSSR count). The Morgan fingerprint density at radius 2 is 1.56 bits per heavy atom. The molecular formula is C19H14Cl3N3O2. The molecule has 2 N–H and O–H groups in total. The third-order valence-electron chi connectivity index (χ3n) is 3.65. The highest BCUT2D eigenvalue weighted by molar-refractivity contribution is 6.35. The van der Waals surface area contributed by atoms with Gasteiger partial charge in [-0.3, -0.25) is 4.79 Å². The molecule has 0 spiro atoms. The number of rotatable bonds is 4. The Labute approximate surface area is 170 Å². The first-order valence-corrected chi connectivity index (χ1v) is 9.02. The zero-order chi connectivity index (χ0) is 19.4. The molecule has 27 heavy (non-hydrogen) atoms. The molecule has 0 bridgehead atoms. The smallest absolute Gasteiger partial charge is 0.309 e. The summed E-state index contributed by atoms with van der Waals surface area (Å²) in [7, 11) is 0. The van der Waals surface area contributed by atoms with Crippen LogP contribution in [0.25, 0.3) is 0 Å². The summed E-state index contributed by atoms with van der Waals surface area (Å²) in [6.07, 6.45) is 1.65. The second-order valence-corrected chi connectivity index (χ2v) is 7.03. The zero-order valence-electron chi connectivity index (χ0n) is 13.9. The van der Waals surface area contributed by atoms with Crippen LogP contribution in [-0.2, 0) is 6.54 Å². The molecule has 5 nitrogen and oxygen atoms in total. The van der Waals surface area contributed by atoms with E-state index in [2.05, 4.69) is 10.6 Å². The van der Waals surface area contributed by atoms with E-state index in [1.165, 1.54) is 10.6 Å². The summed E-state index contributed by atoms with van der Waals surface area (Å²) >= 11 is 17.7. The van der Waals surface area contributed by atoms with Gasteiger partial charge in [0.05, 0.1) is 6.54 Å². The quantitative estimate of drug-likeness (QED) is 0.583. The molecule has 0 aliphatic rings. The average Bonchev–Trinajstić information content (AvgIpc) is 2.59. The number of amides is 2. The van der Waals surface area contributed by atoms with Crippen LogP contribution in [0.15, 0.2) is 65.6 Å². The van der Waals surface area contributed by atoms with Crippen molar-refractivity contribution in [2.45, 2.75) is 6.54 Å². The van der Waals surface area contributed by atoms with Crippen LogP contribution in [0.5, 0.6) is 0 Å². The van der Waals surface area contributed by atoms with Crippen LogP contribution < -0.4 is 16.2 Å². The summed E-state index contributed by atoms with van der Waals surface area (Å²) in [5.41, 5.74) is 1.16. The lowest BCUT2D eigenvalue weighted by Crippen LogP contribution is -2.28. The second kappa shape index (κ2) is 8.48. The summed E-state index contributed by atoms with van der Waals surface area (Å²) < 4.78 is 1.50. The zero-order valence-corrected chi connectivity index (χ0v) is 16.1. The Bertz CT molecular complexity index is 1010. The average molecular weight is 423 g/mol. The van der Waals surface area contributed by atoms with Crippen LogP contribution in [0.3, 0.4) is 0 Å². The first-order chi connectivity index (χ1) is 12.9. The molecule has 3 aromatic rings. The van der Waals surface area contributed by atoms with Crippen molar-refractivity contribution < 1.29 is 4.79 Å². The van der Waals surface area contributed by atoms with Gasteiger partial charge in [-0.25, -0.2) is 4.79 Å². The van der Waals surface area contributed by atoms with Crippen LogP contribution in [0.1, 0.15) is 5.56 Å². The third kappa shape index (κ3) is 5.26. The van der Waals surface area contributed by atoms with Crippen molar-refractivity contribution in [3.8, 4) is 0 Å². The van der Waals surface area contributed by atoms with Crippen molar-refractivity contribution in [3.63, 3.8) is 0 Å². The fourth-order valence-electron chi connectivity index (χ4n) is 2.45. The monoisotopic (exact) mass is 421 g/mol. The van der Waals surface area contributed by atoms with Gasteiger partial charge in [0.1, 0.15) is 5.69 Å². The number of benzene rings is 2. The van der Waals surface area contributed by atoms with Gasteiger partial charge in [-0.1, -0.05) is 46.9 Å². The highest BCUT2D eigenvalue weighted by Crippen LogP contribution is 2.22. The van der Waals surface area contributed by atoms with Gasteiger partial charge < -0.3 is 15.2 Å². The number of carbonyl (C=O) groups excluding carboxylic acids is 1. The summed E-state index contributed by atoms with van der Waals surface area (Å²) in [5.74, 6) is 0. The van der Waals surface area contributed by atoms with E-state index in [-0.39, 0.29) is 11.2 Å². The number of carbonyl (C=O) groups is 1. The van der Waals surface area contributed by atoms with Crippen molar-refractivity contribution in [2.75, 3.05) is 10.6 Å². The molecule has 8 heteroatoms. The Morgan fingerprint density at radius 1 is 0.889 bits per heavy atom. The normalized spacial score (nSPS) is 10.5. The van der Waals surface area contributed by atoms with Gasteiger partial charge in [0, 0.05) is 27.0 Å². The number of halogens is 3. The Hall–Kier alpha value is -2.47. The van der Waals surface area contributed by atoms with E-state index in [0.717, 1.165) is 5.56 Å². The number of aromatic nitrogens is 1. The van der Waals surface area contributed by atoms with Gasteiger partial charge in [-0.15, -0.1) is 0 Å². The molecule has 0 saturated heterocycles. The van der Waals surface area contributed by atoms with Crippen LogP contribution in [0, 0.1) is 0 Å². The number of pyridine rings is 1. The number of nitrogens with zero attached hydrogens (tertiary/aromatic N) is 1. The summed E-state index contributed by atoms with van der Waals surface area (Å²) in [5, 5.41) is 6.54. The maximum Gasteiger partial charge on any atom is 0.323 e. The molecule has 2 aromatic carbocycles. The maximum absolute atomic E-state index is 12.6. The fourth-order valence-corrected chi connectivity index (χ4v) is 3.11. The van der Waals surface area contributed by atoms with Crippen molar-refractivity contribution in [1.29, 1.82) is 0 Å². The van der Waals surface area contributed by atoms with Crippen molar-refractivity contribution in [3.05, 3.63) is 91.8 Å². The largest absolute Gasteiger partial charge is 0.323 e. The Morgan fingerprint density at radius 3 is 2.22 bits per heavy atom. The predicted octanol–water partition coefficient (Wildman–Crippen LogP) is 5.50. The first kappa shape index (κ1) is 19.3. The fraction of sp³-hybridized carbons (Fsp3) is 0.0526. The molecule has 0 radical (unpaired) electrons. The molecular weight excluding hydrogens is 409 g/mol. The minimum atomic E-state index is -0.574. The van der Waals surface area contributed by atoms with Gasteiger partial charge in [-0.2, -0.15) is 0 Å². The van der Waals surface area contributed by atoms with E-state index in [0.29, 0.717) is 27.3 Å². The van der Waals surface area contributed by atoms with Gasteiger partial charge in [0.25, 0.3) is 5.56 Å². The lowest BCUT2D eigenvalue weighted by molar-refractivity contribution is 0.262. The molecule has 2 amide bonds. The molecule has 0 unspecified atom stereocenters. The minimum absolute atomic E-state index is 0.150. The van der Waals surface area contributed by atoms with E-state index >= 15 is 0 Å². The summed E-state index contributed by atoms with van der Waals surface area (Å²) in [6, 6.07) is 14.5. The Balaban J connectivity index is 1.74. The van der Waals surface area contributed by atoms with Crippen LogP contribution >= 0.6 is 34.8 Å². The Kier molecular flexibility index (Phi) is 6.06. The highest BCUT2D eigenvalue weighted by Gasteiger charge is 2.09. The molecule has 1 aromatic heterocycles. The molecule has 0 fully saturated rings. The predicted molar refractivity (Wildman–Crippen MR) is 110 cm³/mol. The highest BCUT2D eigenvalue weighted by atomic mass is 35.5. The summed E-state index contributed by atoms with van der Waals surface area (Å²) in [6.45, 7) is 0.358. The second-order valence-electron chi connectivity index (χ2n) is 5.72. The first-order valence-electron chi connectivity index (χ1n) is 7.89. The number of nitrogens with one attached hydrogen (secondary N) is 2. The van der Waals surface area contributed by atoms with E-state index in [1.54, 1.807) is 42.6 Å². The lowest BCUT2D eigenvalue weighted by Gasteiger charge is -2.11. The molecule has 0 aliphatic heterocycles. The van der Waals surface area contributed by atoms with E-state index in [4.69, 9.17) is 34.8 Å². The van der Waals surface area contributed by atoms with Crippen LogP contribution in [0.4, 0.5) is 16.2 Å². The molecule has 0 atom stereocenters. The minimum Gasteiger partial charge on any atom is -0.309 e.